The molecular formula is C22H19N3O6. The van der Waals surface area contributed by atoms with Crippen LogP contribution in [-0.2, 0) is 16.0 Å². The molecule has 3 heterocycles. The molecule has 0 aliphatic heterocycles. The lowest BCUT2D eigenvalue weighted by molar-refractivity contribution is -0.142. The lowest BCUT2D eigenvalue weighted by Crippen LogP contribution is -2.10. The number of H-pyrrole nitrogens is 1. The van der Waals surface area contributed by atoms with Crippen LogP contribution in [-0.4, -0.2) is 49.7 Å². The Morgan fingerprint density at radius 3 is 2.52 bits per heavy atom. The Bertz CT molecular complexity index is 1260. The second-order valence-corrected chi connectivity index (χ2v) is 6.38. The van der Waals surface area contributed by atoms with Crippen molar-refractivity contribution in [3.8, 4) is 0 Å². The van der Waals surface area contributed by atoms with Gasteiger partial charge in [-0.25, -0.2) is 14.6 Å². The number of hydrogen-bond donors (Lipinski definition) is 3. The summed E-state index contributed by atoms with van der Waals surface area (Å²) in [7, 11) is 0. The van der Waals surface area contributed by atoms with Crippen LogP contribution < -0.4 is 0 Å². The zero-order valence-corrected chi connectivity index (χ0v) is 16.5. The molecule has 0 amide bonds. The normalized spacial score (nSPS) is 10.4. The van der Waals surface area contributed by atoms with Crippen LogP contribution in [0.3, 0.4) is 0 Å². The molecule has 1 aromatic carbocycles. The molecule has 0 fully saturated rings. The fourth-order valence-electron chi connectivity index (χ4n) is 3.01. The molecule has 0 saturated heterocycles. The molecule has 158 valence electrons. The molecule has 0 saturated carbocycles. The number of nitrogens with one attached hydrogen (secondary N) is 1. The van der Waals surface area contributed by atoms with Gasteiger partial charge in [0.1, 0.15) is 11.4 Å². The van der Waals surface area contributed by atoms with E-state index in [4.69, 9.17) is 14.9 Å². The second-order valence-electron chi connectivity index (χ2n) is 6.38. The number of carbonyl (C=O) groups is 3. The van der Waals surface area contributed by atoms with Gasteiger partial charge in [0.15, 0.2) is 0 Å². The summed E-state index contributed by atoms with van der Waals surface area (Å²) < 4.78 is 4.85. The minimum atomic E-state index is -1.08. The minimum Gasteiger partial charge on any atom is -0.477 e. The number of aromatic amines is 1. The molecule has 0 aliphatic carbocycles. The Hall–Kier alpha value is -4.27. The molecule has 3 N–H and O–H groups in total. The lowest BCUT2D eigenvalue weighted by Gasteiger charge is -2.02. The first kappa shape index (κ1) is 21.4. The topological polar surface area (TPSA) is 142 Å². The highest BCUT2D eigenvalue weighted by molar-refractivity contribution is 5.99. The van der Waals surface area contributed by atoms with Gasteiger partial charge in [-0.3, -0.25) is 9.78 Å². The number of aromatic carboxylic acids is 2. The van der Waals surface area contributed by atoms with Crippen LogP contribution in [0, 0.1) is 0 Å². The van der Waals surface area contributed by atoms with Crippen molar-refractivity contribution in [1.29, 1.82) is 0 Å². The van der Waals surface area contributed by atoms with Crippen molar-refractivity contribution < 1.29 is 29.3 Å². The maximum atomic E-state index is 11.5. The molecule has 3 aromatic heterocycles. The molecular weight excluding hydrogens is 402 g/mol. The second kappa shape index (κ2) is 9.49. The summed E-state index contributed by atoms with van der Waals surface area (Å²) in [4.78, 5) is 43.9. The van der Waals surface area contributed by atoms with Crippen molar-refractivity contribution in [2.75, 3.05) is 6.61 Å². The number of nitrogens with zero attached hydrogens (tertiary/aromatic N) is 2. The highest BCUT2D eigenvalue weighted by Gasteiger charge is 2.19. The molecule has 0 bridgehead atoms. The summed E-state index contributed by atoms with van der Waals surface area (Å²) in [5.74, 6) is -2.52. The SMILES string of the molecule is CCOC(=O)Cc1c(C(=O)O)[nH]c2ccccc12.O=C(O)c1ccc2cnccc2n1. The maximum Gasteiger partial charge on any atom is 0.354 e. The predicted molar refractivity (Wildman–Crippen MR) is 112 cm³/mol. The predicted octanol–water partition coefficient (Wildman–Crippen LogP) is 3.30. The number of carbonyl (C=O) groups excluding carboxylic acids is 1. The van der Waals surface area contributed by atoms with E-state index >= 15 is 0 Å². The number of aromatic nitrogens is 3. The van der Waals surface area contributed by atoms with Crippen LogP contribution in [0.15, 0.2) is 54.9 Å². The molecule has 0 aliphatic rings. The van der Waals surface area contributed by atoms with Crippen LogP contribution in [0.5, 0.6) is 0 Å². The third-order valence-corrected chi connectivity index (χ3v) is 4.36. The van der Waals surface area contributed by atoms with Crippen molar-refractivity contribution in [1.82, 2.24) is 15.0 Å². The van der Waals surface area contributed by atoms with Gasteiger partial charge in [0.05, 0.1) is 18.5 Å². The standard InChI is InChI=1S/C13H13NO4.C9H6N2O2/c1-2-18-11(15)7-9-8-5-3-4-6-10(8)14-12(9)13(16)17;12-9(13)8-2-1-6-5-10-4-3-7(6)11-8/h3-6,14H,2,7H2,1H3,(H,16,17);1-5H,(H,12,13). The van der Waals surface area contributed by atoms with Crippen molar-refractivity contribution in [2.45, 2.75) is 13.3 Å². The molecule has 4 aromatic rings. The van der Waals surface area contributed by atoms with E-state index < -0.39 is 17.9 Å². The smallest absolute Gasteiger partial charge is 0.354 e. The van der Waals surface area contributed by atoms with Crippen LogP contribution in [0.25, 0.3) is 21.8 Å². The summed E-state index contributed by atoms with van der Waals surface area (Å²) in [5, 5.41) is 19.4. The first-order valence-electron chi connectivity index (χ1n) is 9.33. The van der Waals surface area contributed by atoms with Crippen LogP contribution in [0.1, 0.15) is 33.5 Å². The molecule has 0 radical (unpaired) electrons. The number of ether oxygens (including phenoxy) is 1. The minimum absolute atomic E-state index is 0.0422. The zero-order valence-electron chi connectivity index (χ0n) is 16.5. The number of para-hydroxylation sites is 1. The van der Waals surface area contributed by atoms with E-state index in [0.29, 0.717) is 16.6 Å². The average Bonchev–Trinajstić information content (AvgIpc) is 3.13. The number of carboxylic acids is 2. The van der Waals surface area contributed by atoms with Gasteiger partial charge < -0.3 is 19.9 Å². The summed E-state index contributed by atoms with van der Waals surface area (Å²) in [6, 6.07) is 12.0. The van der Waals surface area contributed by atoms with E-state index in [0.717, 1.165) is 10.8 Å². The fraction of sp³-hybridized carbons (Fsp3) is 0.136. The van der Waals surface area contributed by atoms with Gasteiger partial charge in [-0.2, -0.15) is 0 Å². The van der Waals surface area contributed by atoms with E-state index in [1.54, 1.807) is 55.7 Å². The summed E-state index contributed by atoms with van der Waals surface area (Å²) in [6.45, 7) is 1.99. The van der Waals surface area contributed by atoms with Crippen molar-refractivity contribution in [2.24, 2.45) is 0 Å². The molecule has 0 spiro atoms. The van der Waals surface area contributed by atoms with Gasteiger partial charge in [-0.1, -0.05) is 18.2 Å². The largest absolute Gasteiger partial charge is 0.477 e. The van der Waals surface area contributed by atoms with Crippen LogP contribution in [0.4, 0.5) is 0 Å². The van der Waals surface area contributed by atoms with Gasteiger partial charge in [0.2, 0.25) is 0 Å². The van der Waals surface area contributed by atoms with Gasteiger partial charge in [0.25, 0.3) is 0 Å². The number of fused-ring (bicyclic) bond motifs is 2. The van der Waals surface area contributed by atoms with E-state index in [9.17, 15) is 14.4 Å². The summed E-state index contributed by atoms with van der Waals surface area (Å²) in [6.07, 6.45) is 3.19. The van der Waals surface area contributed by atoms with Crippen LogP contribution in [0.2, 0.25) is 0 Å². The monoisotopic (exact) mass is 421 g/mol. The highest BCUT2D eigenvalue weighted by atomic mass is 16.5. The third-order valence-electron chi connectivity index (χ3n) is 4.36. The summed E-state index contributed by atoms with van der Waals surface area (Å²) in [5.41, 5.74) is 1.92. The van der Waals surface area contributed by atoms with Gasteiger partial charge in [-0.05, 0) is 31.2 Å². The van der Waals surface area contributed by atoms with E-state index in [1.807, 2.05) is 0 Å². The van der Waals surface area contributed by atoms with Gasteiger partial charge in [0, 0.05) is 34.2 Å². The van der Waals surface area contributed by atoms with E-state index in [-0.39, 0.29) is 24.4 Å². The van der Waals surface area contributed by atoms with Crippen molar-refractivity contribution in [3.63, 3.8) is 0 Å². The summed E-state index contributed by atoms with van der Waals surface area (Å²) >= 11 is 0. The molecule has 31 heavy (non-hydrogen) atoms. The molecule has 9 nitrogen and oxygen atoms in total. The van der Waals surface area contributed by atoms with E-state index in [1.165, 1.54) is 6.07 Å². The van der Waals surface area contributed by atoms with Gasteiger partial charge >= 0.3 is 17.9 Å². The Balaban J connectivity index is 0.000000185. The third kappa shape index (κ3) is 5.02. The fourth-order valence-corrected chi connectivity index (χ4v) is 3.01. The quantitative estimate of drug-likeness (QED) is 0.417. The molecule has 0 atom stereocenters. The lowest BCUT2D eigenvalue weighted by atomic mass is 10.1. The number of pyridine rings is 2. The number of esters is 1. The van der Waals surface area contributed by atoms with Crippen molar-refractivity contribution >= 4 is 39.7 Å². The maximum absolute atomic E-state index is 11.5. The number of benzene rings is 1. The first-order valence-corrected chi connectivity index (χ1v) is 9.33. The Kier molecular flexibility index (Phi) is 6.56. The molecule has 4 rings (SSSR count). The number of rotatable bonds is 5. The van der Waals surface area contributed by atoms with E-state index in [2.05, 4.69) is 15.0 Å². The number of carboxylic acid groups (broad SMARTS) is 2. The van der Waals surface area contributed by atoms with Crippen molar-refractivity contribution in [3.05, 3.63) is 71.8 Å². The van der Waals surface area contributed by atoms with Gasteiger partial charge in [-0.15, -0.1) is 0 Å². The zero-order chi connectivity index (χ0) is 22.4. The highest BCUT2D eigenvalue weighted by Crippen LogP contribution is 2.23. The number of hydrogen-bond acceptors (Lipinski definition) is 6. The average molecular weight is 421 g/mol. The Morgan fingerprint density at radius 1 is 1.03 bits per heavy atom. The van der Waals surface area contributed by atoms with Crippen LogP contribution >= 0.6 is 0 Å². The first-order chi connectivity index (χ1) is 14.9. The Labute approximate surface area is 176 Å². The molecule has 9 heteroatoms. The Morgan fingerprint density at radius 2 is 1.81 bits per heavy atom. The molecule has 0 unspecified atom stereocenters.